The van der Waals surface area contributed by atoms with Crippen molar-refractivity contribution in [2.45, 2.75) is 84.1 Å². The van der Waals surface area contributed by atoms with E-state index in [1.165, 1.54) is 17.4 Å². The predicted molar refractivity (Wildman–Crippen MR) is 141 cm³/mol. The van der Waals surface area contributed by atoms with Gasteiger partial charge in [-0.2, -0.15) is 0 Å². The molecule has 0 aliphatic heterocycles. The average molecular weight is 464 g/mol. The van der Waals surface area contributed by atoms with Crippen molar-refractivity contribution in [2.75, 3.05) is 0 Å². The molecule has 34 heavy (non-hydrogen) atoms. The number of aromatic nitrogens is 3. The van der Waals surface area contributed by atoms with Gasteiger partial charge in [-0.1, -0.05) is 65.2 Å². The van der Waals surface area contributed by atoms with Gasteiger partial charge in [-0.3, -0.25) is 28.3 Å². The molecule has 0 aliphatic rings. The molecule has 0 N–H and O–H groups in total. The molecule has 4 aromatic rings. The molecule has 0 unspecified atom stereocenters. The lowest BCUT2D eigenvalue weighted by Gasteiger charge is -2.22. The lowest BCUT2D eigenvalue weighted by molar-refractivity contribution is 0.384. The largest absolute Gasteiger partial charge is 0.285 e. The van der Waals surface area contributed by atoms with Gasteiger partial charge in [0.25, 0.3) is 16.7 Å². The van der Waals surface area contributed by atoms with Crippen LogP contribution in [0.1, 0.15) is 84.1 Å². The van der Waals surface area contributed by atoms with Gasteiger partial charge in [0.2, 0.25) is 0 Å². The number of unbranched alkanes of at least 4 members (excludes halogenated alkanes) is 6. The van der Waals surface area contributed by atoms with E-state index in [2.05, 4.69) is 13.8 Å². The standard InChI is InChI=1S/C28H37N3O3/c1-5-7-9-11-13-19(14-12-10-8-6-2)31-27(33)20-15-16-22-25-23(29(3)30(4)26(22)32)18-17-21(24(20)25)28(31)34/h15-19H,5-14H2,1-4H3. The lowest BCUT2D eigenvalue weighted by Crippen LogP contribution is -2.37. The van der Waals surface area contributed by atoms with Crippen molar-refractivity contribution in [1.29, 1.82) is 0 Å². The fraction of sp³-hybridized carbons (Fsp3) is 0.536. The van der Waals surface area contributed by atoms with E-state index in [1.54, 1.807) is 28.5 Å². The van der Waals surface area contributed by atoms with Gasteiger partial charge in [-0.05, 0) is 37.1 Å². The van der Waals surface area contributed by atoms with E-state index < -0.39 is 0 Å². The van der Waals surface area contributed by atoms with Crippen LogP contribution >= 0.6 is 0 Å². The topological polar surface area (TPSA) is 66.0 Å². The number of rotatable bonds is 11. The fourth-order valence-electron chi connectivity index (χ4n) is 5.45. The van der Waals surface area contributed by atoms with E-state index in [4.69, 9.17) is 0 Å². The summed E-state index contributed by atoms with van der Waals surface area (Å²) in [7, 11) is 3.55. The normalized spacial score (nSPS) is 12.1. The van der Waals surface area contributed by atoms with Crippen molar-refractivity contribution in [2.24, 2.45) is 14.1 Å². The Morgan fingerprint density at radius 3 is 1.65 bits per heavy atom. The summed E-state index contributed by atoms with van der Waals surface area (Å²) in [4.78, 5) is 40.5. The zero-order chi connectivity index (χ0) is 24.4. The highest BCUT2D eigenvalue weighted by molar-refractivity contribution is 6.21. The second kappa shape index (κ2) is 10.2. The predicted octanol–water partition coefficient (Wildman–Crippen LogP) is 5.63. The van der Waals surface area contributed by atoms with Crippen LogP contribution in [-0.2, 0) is 14.1 Å². The third-order valence-corrected chi connectivity index (χ3v) is 7.51. The van der Waals surface area contributed by atoms with Crippen molar-refractivity contribution in [3.63, 3.8) is 0 Å². The first kappa shape index (κ1) is 24.2. The molecule has 0 saturated carbocycles. The highest BCUT2D eigenvalue weighted by Crippen LogP contribution is 2.31. The maximum Gasteiger partial charge on any atom is 0.272 e. The second-order valence-corrected chi connectivity index (χ2v) is 9.73. The molecule has 4 rings (SSSR count). The summed E-state index contributed by atoms with van der Waals surface area (Å²) in [5, 5.41) is 2.96. The average Bonchev–Trinajstić information content (AvgIpc) is 2.84. The van der Waals surface area contributed by atoms with E-state index in [9.17, 15) is 14.4 Å². The molecular formula is C28H37N3O3. The van der Waals surface area contributed by atoms with Crippen molar-refractivity contribution in [3.05, 3.63) is 55.3 Å². The Morgan fingerprint density at radius 1 is 0.618 bits per heavy atom. The molecule has 2 aromatic carbocycles. The second-order valence-electron chi connectivity index (χ2n) is 9.73. The summed E-state index contributed by atoms with van der Waals surface area (Å²) in [5.74, 6) is 0. The van der Waals surface area contributed by atoms with Crippen LogP contribution in [0.5, 0.6) is 0 Å². The van der Waals surface area contributed by atoms with E-state index >= 15 is 0 Å². The van der Waals surface area contributed by atoms with Crippen LogP contribution in [0.15, 0.2) is 38.6 Å². The summed E-state index contributed by atoms with van der Waals surface area (Å²) >= 11 is 0. The smallest absolute Gasteiger partial charge is 0.272 e. The Kier molecular flexibility index (Phi) is 7.24. The van der Waals surface area contributed by atoms with Crippen LogP contribution in [0.3, 0.4) is 0 Å². The Bertz CT molecular complexity index is 1430. The number of aryl methyl sites for hydroxylation is 1. The number of hydrogen-bond acceptors (Lipinski definition) is 3. The first-order valence-corrected chi connectivity index (χ1v) is 12.9. The van der Waals surface area contributed by atoms with Gasteiger partial charge in [0.1, 0.15) is 0 Å². The summed E-state index contributed by atoms with van der Waals surface area (Å²) in [6.45, 7) is 4.38. The molecule has 0 radical (unpaired) electrons. The Morgan fingerprint density at radius 2 is 1.12 bits per heavy atom. The molecule has 0 bridgehead atoms. The van der Waals surface area contributed by atoms with Crippen molar-refractivity contribution in [3.8, 4) is 0 Å². The van der Waals surface area contributed by atoms with Crippen LogP contribution in [0, 0.1) is 0 Å². The number of hydrogen-bond donors (Lipinski definition) is 0. The monoisotopic (exact) mass is 463 g/mol. The molecule has 182 valence electrons. The summed E-state index contributed by atoms with van der Waals surface area (Å²) in [5.41, 5.74) is 0.269. The highest BCUT2D eigenvalue weighted by Gasteiger charge is 2.23. The molecule has 0 amide bonds. The third-order valence-electron chi connectivity index (χ3n) is 7.51. The van der Waals surface area contributed by atoms with Crippen LogP contribution in [-0.4, -0.2) is 13.9 Å². The van der Waals surface area contributed by atoms with Gasteiger partial charge in [0.15, 0.2) is 0 Å². The van der Waals surface area contributed by atoms with Crippen LogP contribution in [0.25, 0.3) is 32.4 Å². The Hall–Kier alpha value is -2.89. The zero-order valence-electron chi connectivity index (χ0n) is 21.0. The Balaban J connectivity index is 1.92. The van der Waals surface area contributed by atoms with Crippen LogP contribution < -0.4 is 16.7 Å². The Labute approximate surface area is 200 Å². The summed E-state index contributed by atoms with van der Waals surface area (Å²) in [6, 6.07) is 7.14. The summed E-state index contributed by atoms with van der Waals surface area (Å²) in [6.07, 6.45) is 10.7. The SMILES string of the molecule is CCCCCCC(CCCCCC)n1c(=O)c2ccc3c(=O)n(C)n(C)c4ccc(c1=O)c2c34. The van der Waals surface area contributed by atoms with E-state index in [1.807, 2.05) is 19.2 Å². The van der Waals surface area contributed by atoms with Gasteiger partial charge >= 0.3 is 0 Å². The third kappa shape index (κ3) is 4.08. The first-order chi connectivity index (χ1) is 16.4. The molecule has 0 saturated heterocycles. The number of nitrogens with zero attached hydrogens (tertiary/aromatic N) is 3. The number of pyridine rings is 1. The number of benzene rings is 2. The highest BCUT2D eigenvalue weighted by atomic mass is 16.2. The zero-order valence-corrected chi connectivity index (χ0v) is 21.0. The minimum absolute atomic E-state index is 0.0837. The molecule has 0 aliphatic carbocycles. The van der Waals surface area contributed by atoms with E-state index in [0.29, 0.717) is 26.9 Å². The van der Waals surface area contributed by atoms with Crippen LogP contribution in [0.4, 0.5) is 0 Å². The molecule has 2 heterocycles. The van der Waals surface area contributed by atoms with Gasteiger partial charge in [-0.15, -0.1) is 0 Å². The maximum absolute atomic E-state index is 13.8. The molecule has 6 heteroatoms. The van der Waals surface area contributed by atoms with Crippen molar-refractivity contribution < 1.29 is 0 Å². The minimum atomic E-state index is -0.216. The maximum atomic E-state index is 13.8. The fourth-order valence-corrected chi connectivity index (χ4v) is 5.45. The minimum Gasteiger partial charge on any atom is -0.285 e. The van der Waals surface area contributed by atoms with Crippen LogP contribution in [0.2, 0.25) is 0 Å². The van der Waals surface area contributed by atoms with E-state index in [-0.39, 0.29) is 22.7 Å². The van der Waals surface area contributed by atoms with Crippen molar-refractivity contribution in [1.82, 2.24) is 13.9 Å². The lowest BCUT2D eigenvalue weighted by atomic mass is 9.96. The molecule has 0 spiro atoms. The van der Waals surface area contributed by atoms with Gasteiger partial charge in [-0.25, -0.2) is 0 Å². The van der Waals surface area contributed by atoms with Gasteiger partial charge in [0.05, 0.1) is 10.9 Å². The molecule has 6 nitrogen and oxygen atoms in total. The first-order valence-electron chi connectivity index (χ1n) is 12.9. The van der Waals surface area contributed by atoms with E-state index in [0.717, 1.165) is 56.9 Å². The molecule has 2 aromatic heterocycles. The quantitative estimate of drug-likeness (QED) is 0.214. The molecular weight excluding hydrogens is 426 g/mol. The van der Waals surface area contributed by atoms with Gasteiger partial charge in [0, 0.05) is 41.7 Å². The van der Waals surface area contributed by atoms with Crippen molar-refractivity contribution >= 4 is 32.4 Å². The molecule has 0 atom stereocenters. The summed E-state index contributed by atoms with van der Waals surface area (Å²) < 4.78 is 4.88. The molecule has 0 fully saturated rings. The van der Waals surface area contributed by atoms with Gasteiger partial charge < -0.3 is 0 Å².